The van der Waals surface area contributed by atoms with Gasteiger partial charge in [0.05, 0.1) is 12.1 Å². The van der Waals surface area contributed by atoms with Crippen LogP contribution in [0.3, 0.4) is 0 Å². The average molecular weight is 264 g/mol. The Balaban J connectivity index is 1.68. The molecule has 16 heavy (non-hydrogen) atoms. The lowest BCUT2D eigenvalue weighted by atomic mass is 10.1. The van der Waals surface area contributed by atoms with Crippen molar-refractivity contribution >= 4 is 29.6 Å². The van der Waals surface area contributed by atoms with Gasteiger partial charge in [-0.3, -0.25) is 0 Å². The molecule has 0 aromatic rings. The predicted molar refractivity (Wildman–Crippen MR) is 65.4 cm³/mol. The fourth-order valence-electron chi connectivity index (χ4n) is 2.12. The summed E-state index contributed by atoms with van der Waals surface area (Å²) in [6.45, 7) is 0. The molecule has 2 fully saturated rings. The van der Waals surface area contributed by atoms with E-state index in [1.165, 1.54) is 0 Å². The lowest BCUT2D eigenvalue weighted by Gasteiger charge is -2.16. The molecule has 2 saturated heterocycles. The fraction of sp³-hybridized carbons (Fsp3) is 0.889. The molecule has 92 valence electrons. The Hall–Kier alpha value is -0.110. The van der Waals surface area contributed by atoms with Gasteiger partial charge in [-0.05, 0) is 18.6 Å². The van der Waals surface area contributed by atoms with E-state index < -0.39 is 5.62 Å². The lowest BCUT2D eigenvalue weighted by Crippen LogP contribution is -2.36. The van der Waals surface area contributed by atoms with Crippen molar-refractivity contribution in [2.75, 3.05) is 11.5 Å². The van der Waals surface area contributed by atoms with Gasteiger partial charge >= 0.3 is 6.03 Å². The molecule has 2 heterocycles. The molecule has 0 aromatic heterocycles. The molecule has 2 amide bonds. The van der Waals surface area contributed by atoms with Crippen LogP contribution in [-0.4, -0.2) is 50.7 Å². The molecule has 3 unspecified atom stereocenters. The number of aliphatic hydroxyl groups excluding tert-OH is 1. The molecule has 0 saturated carbocycles. The number of fused-ring (bicyclic) bond motifs is 1. The normalized spacial score (nSPS) is 32.7. The number of thioether (sulfide) groups is 2. The van der Waals surface area contributed by atoms with Crippen molar-refractivity contribution in [3.63, 3.8) is 0 Å². The summed E-state index contributed by atoms with van der Waals surface area (Å²) in [5.74, 6) is 1.72. The van der Waals surface area contributed by atoms with Gasteiger partial charge in [-0.15, -0.1) is 11.8 Å². The highest BCUT2D eigenvalue weighted by molar-refractivity contribution is 8.00. The van der Waals surface area contributed by atoms with Crippen molar-refractivity contribution in [1.29, 1.82) is 0 Å². The van der Waals surface area contributed by atoms with Crippen LogP contribution in [0, 0.1) is 0 Å². The zero-order chi connectivity index (χ0) is 11.5. The smallest absolute Gasteiger partial charge is 0.315 e. The first-order chi connectivity index (χ1) is 7.66. The second-order valence-corrected chi connectivity index (χ2v) is 6.40. The lowest BCUT2D eigenvalue weighted by molar-refractivity contribution is 0.0405. The highest BCUT2D eigenvalue weighted by Crippen LogP contribution is 2.33. The standard InChI is InChI=1S/C9H16N2O3S2/c12-8-10-5-4-16-6(7(5)11-8)2-1-3-15-9(13)14/h5-7,9,13-14H,1-4H2,(H2,10,11,12). The third-order valence-corrected chi connectivity index (χ3v) is 5.17. The van der Waals surface area contributed by atoms with Crippen LogP contribution in [0.2, 0.25) is 0 Å². The number of carbonyl (C=O) groups excluding carboxylic acids is 1. The van der Waals surface area contributed by atoms with Gasteiger partial charge in [-0.25, -0.2) is 4.79 Å². The molecule has 0 aliphatic carbocycles. The Bertz CT molecular complexity index is 265. The van der Waals surface area contributed by atoms with E-state index in [2.05, 4.69) is 10.6 Å². The summed E-state index contributed by atoms with van der Waals surface area (Å²) in [7, 11) is 0. The first-order valence-corrected chi connectivity index (χ1v) is 7.43. The van der Waals surface area contributed by atoms with Crippen LogP contribution in [-0.2, 0) is 0 Å². The predicted octanol–water partition coefficient (Wildman–Crippen LogP) is -0.0666. The zero-order valence-corrected chi connectivity index (χ0v) is 10.4. The van der Waals surface area contributed by atoms with Crippen LogP contribution in [0.5, 0.6) is 0 Å². The van der Waals surface area contributed by atoms with Gasteiger partial charge < -0.3 is 20.8 Å². The maximum atomic E-state index is 11.1. The molecular weight excluding hydrogens is 248 g/mol. The number of nitrogens with one attached hydrogen (secondary N) is 2. The monoisotopic (exact) mass is 264 g/mol. The van der Waals surface area contributed by atoms with Crippen molar-refractivity contribution in [2.24, 2.45) is 0 Å². The molecule has 3 atom stereocenters. The maximum absolute atomic E-state index is 11.1. The SMILES string of the molecule is O=C1NC2CSC(CCCSC(O)O)C2N1. The highest BCUT2D eigenvalue weighted by Gasteiger charge is 2.42. The summed E-state index contributed by atoms with van der Waals surface area (Å²) in [4.78, 5) is 11.1. The number of hydrogen-bond acceptors (Lipinski definition) is 5. The number of aliphatic hydroxyl groups is 2. The Kier molecular flexibility index (Phi) is 4.23. The van der Waals surface area contributed by atoms with Crippen LogP contribution in [0.25, 0.3) is 0 Å². The van der Waals surface area contributed by atoms with Crippen molar-refractivity contribution < 1.29 is 15.0 Å². The Morgan fingerprint density at radius 3 is 3.06 bits per heavy atom. The Morgan fingerprint density at radius 2 is 2.31 bits per heavy atom. The van der Waals surface area contributed by atoms with Gasteiger partial charge in [0.25, 0.3) is 0 Å². The van der Waals surface area contributed by atoms with Crippen LogP contribution >= 0.6 is 23.5 Å². The summed E-state index contributed by atoms with van der Waals surface area (Å²) in [5.41, 5.74) is -1.27. The third kappa shape index (κ3) is 2.97. The van der Waals surface area contributed by atoms with Crippen molar-refractivity contribution in [2.45, 2.75) is 35.8 Å². The average Bonchev–Trinajstić information content (AvgIpc) is 2.72. The highest BCUT2D eigenvalue weighted by atomic mass is 32.2. The maximum Gasteiger partial charge on any atom is 0.315 e. The van der Waals surface area contributed by atoms with E-state index in [9.17, 15) is 4.79 Å². The van der Waals surface area contributed by atoms with Crippen LogP contribution in [0.4, 0.5) is 4.79 Å². The molecule has 0 bridgehead atoms. The second kappa shape index (κ2) is 5.48. The number of amides is 2. The van der Waals surface area contributed by atoms with Crippen LogP contribution in [0.1, 0.15) is 12.8 Å². The van der Waals surface area contributed by atoms with E-state index in [-0.39, 0.29) is 18.1 Å². The number of urea groups is 1. The number of rotatable bonds is 5. The molecule has 4 N–H and O–H groups in total. The van der Waals surface area contributed by atoms with E-state index in [0.717, 1.165) is 36.1 Å². The molecular formula is C9H16N2O3S2. The minimum atomic E-state index is -1.27. The van der Waals surface area contributed by atoms with Crippen molar-refractivity contribution in [3.05, 3.63) is 0 Å². The number of carbonyl (C=O) groups is 1. The Labute approximate surface area is 103 Å². The largest absolute Gasteiger partial charge is 0.360 e. The first-order valence-electron chi connectivity index (χ1n) is 5.33. The summed E-state index contributed by atoms with van der Waals surface area (Å²) in [5, 5.41) is 23.6. The molecule has 2 aliphatic heterocycles. The quantitative estimate of drug-likeness (QED) is 0.318. The Morgan fingerprint density at radius 1 is 1.50 bits per heavy atom. The molecule has 2 aliphatic rings. The third-order valence-electron chi connectivity index (χ3n) is 2.84. The number of hydrogen-bond donors (Lipinski definition) is 4. The van der Waals surface area contributed by atoms with Gasteiger partial charge in [0, 0.05) is 11.0 Å². The summed E-state index contributed by atoms with van der Waals surface area (Å²) in [6.07, 6.45) is 1.95. The fourth-order valence-corrected chi connectivity index (χ4v) is 4.20. The second-order valence-electron chi connectivity index (χ2n) is 3.96. The van der Waals surface area contributed by atoms with Crippen LogP contribution < -0.4 is 10.6 Å². The van der Waals surface area contributed by atoms with Crippen LogP contribution in [0.15, 0.2) is 0 Å². The van der Waals surface area contributed by atoms with Crippen molar-refractivity contribution in [1.82, 2.24) is 10.6 Å². The molecule has 0 aromatic carbocycles. The molecule has 2 rings (SSSR count). The van der Waals surface area contributed by atoms with E-state index in [0.29, 0.717) is 5.25 Å². The summed E-state index contributed by atoms with van der Waals surface area (Å²) >= 11 is 3.02. The molecule has 0 radical (unpaired) electrons. The molecule has 7 heteroatoms. The van der Waals surface area contributed by atoms with Gasteiger partial charge in [-0.1, -0.05) is 0 Å². The molecule has 5 nitrogen and oxygen atoms in total. The van der Waals surface area contributed by atoms with Gasteiger partial charge in [0.2, 0.25) is 5.62 Å². The summed E-state index contributed by atoms with van der Waals surface area (Å²) in [6, 6.07) is 0.473. The van der Waals surface area contributed by atoms with Gasteiger partial charge in [-0.2, -0.15) is 11.8 Å². The van der Waals surface area contributed by atoms with E-state index in [1.807, 2.05) is 11.8 Å². The molecule has 0 spiro atoms. The topological polar surface area (TPSA) is 81.6 Å². The summed E-state index contributed by atoms with van der Waals surface area (Å²) < 4.78 is 0. The zero-order valence-electron chi connectivity index (χ0n) is 8.76. The van der Waals surface area contributed by atoms with E-state index in [1.54, 1.807) is 0 Å². The van der Waals surface area contributed by atoms with Crippen molar-refractivity contribution in [3.8, 4) is 0 Å². The minimum absolute atomic E-state index is 0.0551. The van der Waals surface area contributed by atoms with E-state index >= 15 is 0 Å². The first kappa shape index (κ1) is 12.3. The van der Waals surface area contributed by atoms with E-state index in [4.69, 9.17) is 10.2 Å². The minimum Gasteiger partial charge on any atom is -0.360 e. The van der Waals surface area contributed by atoms with Gasteiger partial charge in [0.15, 0.2) is 0 Å². The van der Waals surface area contributed by atoms with Gasteiger partial charge in [0.1, 0.15) is 0 Å².